The molecule has 0 saturated carbocycles. The molecule has 2 unspecified atom stereocenters. The van der Waals surface area contributed by atoms with E-state index < -0.39 is 11.6 Å². The molecule has 0 aromatic rings. The largest absolute Gasteiger partial charge is 0.479 e. The van der Waals surface area contributed by atoms with Crippen molar-refractivity contribution in [2.24, 2.45) is 5.92 Å². The van der Waals surface area contributed by atoms with Crippen molar-refractivity contribution in [2.75, 3.05) is 0 Å². The standard InChI is InChI=1S/C8H16O3/c1-4-5-6(2)8(3,11)7(9)10/h6,11H,4-5H2,1-3H3,(H,9,10). The number of aliphatic carboxylic acids is 1. The van der Waals surface area contributed by atoms with Crippen molar-refractivity contribution in [1.29, 1.82) is 0 Å². The van der Waals surface area contributed by atoms with Crippen LogP contribution in [-0.4, -0.2) is 21.8 Å². The van der Waals surface area contributed by atoms with Crippen LogP contribution in [0.4, 0.5) is 0 Å². The van der Waals surface area contributed by atoms with Gasteiger partial charge < -0.3 is 10.2 Å². The summed E-state index contributed by atoms with van der Waals surface area (Å²) in [6, 6.07) is 0. The van der Waals surface area contributed by atoms with Crippen LogP contribution in [0, 0.1) is 5.92 Å². The second kappa shape index (κ2) is 3.72. The second-order valence-corrected chi connectivity index (χ2v) is 3.14. The number of carboxylic acids is 1. The van der Waals surface area contributed by atoms with Gasteiger partial charge in [0.1, 0.15) is 0 Å². The third kappa shape index (κ3) is 2.50. The molecule has 0 aromatic carbocycles. The van der Waals surface area contributed by atoms with Crippen LogP contribution in [0.1, 0.15) is 33.6 Å². The first-order valence-electron chi connectivity index (χ1n) is 3.88. The van der Waals surface area contributed by atoms with E-state index in [1.807, 2.05) is 6.92 Å². The average molecular weight is 160 g/mol. The molecular weight excluding hydrogens is 144 g/mol. The molecule has 0 saturated heterocycles. The number of rotatable bonds is 4. The van der Waals surface area contributed by atoms with Crippen LogP contribution in [0.25, 0.3) is 0 Å². The zero-order valence-electron chi connectivity index (χ0n) is 7.29. The summed E-state index contributed by atoms with van der Waals surface area (Å²) in [5, 5.41) is 18.0. The summed E-state index contributed by atoms with van der Waals surface area (Å²) in [6.07, 6.45) is 1.63. The van der Waals surface area contributed by atoms with Gasteiger partial charge in [0.2, 0.25) is 0 Å². The number of aliphatic hydroxyl groups is 1. The van der Waals surface area contributed by atoms with E-state index in [0.717, 1.165) is 12.8 Å². The van der Waals surface area contributed by atoms with Crippen LogP contribution in [0.5, 0.6) is 0 Å². The van der Waals surface area contributed by atoms with E-state index in [4.69, 9.17) is 5.11 Å². The summed E-state index contributed by atoms with van der Waals surface area (Å²) < 4.78 is 0. The highest BCUT2D eigenvalue weighted by atomic mass is 16.4. The summed E-state index contributed by atoms with van der Waals surface area (Å²) >= 11 is 0. The summed E-state index contributed by atoms with van der Waals surface area (Å²) in [5.74, 6) is -1.33. The molecule has 0 rings (SSSR count). The first-order valence-corrected chi connectivity index (χ1v) is 3.88. The van der Waals surface area contributed by atoms with Gasteiger partial charge in [-0.2, -0.15) is 0 Å². The van der Waals surface area contributed by atoms with E-state index in [1.54, 1.807) is 6.92 Å². The predicted octanol–water partition coefficient (Wildman–Crippen LogP) is 1.26. The fourth-order valence-electron chi connectivity index (χ4n) is 0.925. The van der Waals surface area contributed by atoms with Gasteiger partial charge in [-0.1, -0.05) is 20.3 Å². The molecule has 0 aromatic heterocycles. The fourth-order valence-corrected chi connectivity index (χ4v) is 0.925. The molecule has 0 fully saturated rings. The Balaban J connectivity index is 4.17. The Kier molecular flexibility index (Phi) is 3.52. The highest BCUT2D eigenvalue weighted by Gasteiger charge is 2.35. The lowest BCUT2D eigenvalue weighted by Crippen LogP contribution is -2.41. The molecule has 66 valence electrons. The minimum Gasteiger partial charge on any atom is -0.479 e. The number of carbonyl (C=O) groups is 1. The van der Waals surface area contributed by atoms with Crippen molar-refractivity contribution in [3.05, 3.63) is 0 Å². The lowest BCUT2D eigenvalue weighted by molar-refractivity contribution is -0.162. The Morgan fingerprint density at radius 3 is 2.36 bits per heavy atom. The quantitative estimate of drug-likeness (QED) is 0.651. The van der Waals surface area contributed by atoms with Crippen LogP contribution in [-0.2, 0) is 4.79 Å². The van der Waals surface area contributed by atoms with E-state index in [2.05, 4.69) is 0 Å². The van der Waals surface area contributed by atoms with Crippen LogP contribution in [0.3, 0.4) is 0 Å². The van der Waals surface area contributed by atoms with Crippen molar-refractivity contribution in [3.63, 3.8) is 0 Å². The van der Waals surface area contributed by atoms with Gasteiger partial charge in [-0.05, 0) is 19.3 Å². The lowest BCUT2D eigenvalue weighted by Gasteiger charge is -2.25. The molecule has 0 aliphatic rings. The molecule has 0 radical (unpaired) electrons. The predicted molar refractivity (Wildman–Crippen MR) is 42.3 cm³/mol. The molecular formula is C8H16O3. The first kappa shape index (κ1) is 10.4. The molecule has 0 bridgehead atoms. The second-order valence-electron chi connectivity index (χ2n) is 3.14. The number of hydrogen-bond acceptors (Lipinski definition) is 2. The smallest absolute Gasteiger partial charge is 0.335 e. The highest BCUT2D eigenvalue weighted by molar-refractivity contribution is 5.76. The molecule has 2 atom stereocenters. The third-order valence-electron chi connectivity index (χ3n) is 2.11. The van der Waals surface area contributed by atoms with Crippen LogP contribution >= 0.6 is 0 Å². The van der Waals surface area contributed by atoms with Gasteiger partial charge in [-0.15, -0.1) is 0 Å². The Morgan fingerprint density at radius 2 is 2.09 bits per heavy atom. The van der Waals surface area contributed by atoms with Crippen molar-refractivity contribution in [2.45, 2.75) is 39.2 Å². The topological polar surface area (TPSA) is 57.5 Å². The van der Waals surface area contributed by atoms with E-state index in [9.17, 15) is 9.90 Å². The molecule has 0 heterocycles. The Bertz CT molecular complexity index is 140. The van der Waals surface area contributed by atoms with Crippen LogP contribution in [0.15, 0.2) is 0 Å². The van der Waals surface area contributed by atoms with Crippen LogP contribution < -0.4 is 0 Å². The lowest BCUT2D eigenvalue weighted by atomic mass is 9.87. The maximum atomic E-state index is 10.5. The molecule has 0 amide bonds. The Morgan fingerprint density at radius 1 is 1.64 bits per heavy atom. The normalized spacial score (nSPS) is 18.9. The molecule has 0 aliphatic carbocycles. The maximum absolute atomic E-state index is 10.5. The van der Waals surface area contributed by atoms with Gasteiger partial charge >= 0.3 is 5.97 Å². The maximum Gasteiger partial charge on any atom is 0.335 e. The van der Waals surface area contributed by atoms with E-state index in [-0.39, 0.29) is 5.92 Å². The minimum atomic E-state index is -1.57. The van der Waals surface area contributed by atoms with Gasteiger partial charge in [0.05, 0.1) is 0 Å². The molecule has 3 heteroatoms. The van der Waals surface area contributed by atoms with Crippen molar-refractivity contribution in [3.8, 4) is 0 Å². The highest BCUT2D eigenvalue weighted by Crippen LogP contribution is 2.21. The third-order valence-corrected chi connectivity index (χ3v) is 2.11. The van der Waals surface area contributed by atoms with Crippen LogP contribution in [0.2, 0.25) is 0 Å². The van der Waals surface area contributed by atoms with Gasteiger partial charge in [0.25, 0.3) is 0 Å². The SMILES string of the molecule is CCCC(C)C(C)(O)C(=O)O. The Labute approximate surface area is 67.0 Å². The van der Waals surface area contributed by atoms with Crippen molar-refractivity contribution in [1.82, 2.24) is 0 Å². The number of hydrogen-bond donors (Lipinski definition) is 2. The molecule has 11 heavy (non-hydrogen) atoms. The van der Waals surface area contributed by atoms with E-state index >= 15 is 0 Å². The van der Waals surface area contributed by atoms with Gasteiger partial charge in [0.15, 0.2) is 5.60 Å². The molecule has 0 aliphatic heterocycles. The zero-order valence-corrected chi connectivity index (χ0v) is 7.29. The first-order chi connectivity index (χ1) is 4.92. The van der Waals surface area contributed by atoms with Gasteiger partial charge in [0, 0.05) is 0 Å². The van der Waals surface area contributed by atoms with Crippen molar-refractivity contribution >= 4 is 5.97 Å². The zero-order chi connectivity index (χ0) is 9.07. The monoisotopic (exact) mass is 160 g/mol. The molecule has 0 spiro atoms. The summed E-state index contributed by atoms with van der Waals surface area (Å²) in [5.41, 5.74) is -1.57. The summed E-state index contributed by atoms with van der Waals surface area (Å²) in [6.45, 7) is 5.06. The molecule has 3 nitrogen and oxygen atoms in total. The molecule has 2 N–H and O–H groups in total. The average Bonchev–Trinajstić information content (AvgIpc) is 1.88. The van der Waals surface area contributed by atoms with E-state index in [0.29, 0.717) is 0 Å². The van der Waals surface area contributed by atoms with E-state index in [1.165, 1.54) is 6.92 Å². The fraction of sp³-hybridized carbons (Fsp3) is 0.875. The summed E-state index contributed by atoms with van der Waals surface area (Å²) in [7, 11) is 0. The van der Waals surface area contributed by atoms with Gasteiger partial charge in [-0.25, -0.2) is 4.79 Å². The Hall–Kier alpha value is -0.570. The number of carboxylic acid groups (broad SMARTS) is 1. The minimum absolute atomic E-state index is 0.190. The summed E-state index contributed by atoms with van der Waals surface area (Å²) in [4.78, 5) is 10.5. The van der Waals surface area contributed by atoms with Gasteiger partial charge in [-0.3, -0.25) is 0 Å². The van der Waals surface area contributed by atoms with Crippen molar-refractivity contribution < 1.29 is 15.0 Å².